The fourth-order valence-electron chi connectivity index (χ4n) is 3.24. The summed E-state index contributed by atoms with van der Waals surface area (Å²) >= 11 is 18.9. The van der Waals surface area contributed by atoms with Gasteiger partial charge in [-0.2, -0.15) is 8.42 Å². The molecular weight excluding hydrogens is 569 g/mol. The number of benzene rings is 3. The van der Waals surface area contributed by atoms with Crippen molar-refractivity contribution in [1.29, 1.82) is 0 Å². The maximum absolute atomic E-state index is 13.0. The summed E-state index contributed by atoms with van der Waals surface area (Å²) in [4.78, 5) is 26.6. The van der Waals surface area contributed by atoms with Crippen LogP contribution in [-0.2, 0) is 21.5 Å². The van der Waals surface area contributed by atoms with E-state index in [-0.39, 0.29) is 27.8 Å². The van der Waals surface area contributed by atoms with Crippen LogP contribution in [0.15, 0.2) is 70.5 Å². The smallest absolute Gasteiger partial charge is 0.339 e. The van der Waals surface area contributed by atoms with Crippen LogP contribution in [0.4, 0.5) is 4.79 Å². The van der Waals surface area contributed by atoms with Gasteiger partial charge in [0.15, 0.2) is 11.5 Å². The zero-order valence-corrected chi connectivity index (χ0v) is 22.3. The Kier molecular flexibility index (Phi) is 7.87. The number of amides is 2. The molecule has 1 aliphatic heterocycles. The van der Waals surface area contributed by atoms with Crippen LogP contribution in [0, 0.1) is 0 Å². The first kappa shape index (κ1) is 26.4. The van der Waals surface area contributed by atoms with Crippen molar-refractivity contribution in [3.05, 3.63) is 91.8 Å². The number of ether oxygens (including phenoxy) is 1. The average molecular weight is 585 g/mol. The highest BCUT2D eigenvalue weighted by Gasteiger charge is 2.35. The Morgan fingerprint density at radius 3 is 2.25 bits per heavy atom. The number of carbonyl (C=O) groups excluding carboxylic acids is 2. The second-order valence-corrected chi connectivity index (χ2v) is 11.2. The molecule has 0 radical (unpaired) electrons. The fourth-order valence-corrected chi connectivity index (χ4v) is 5.66. The second-order valence-electron chi connectivity index (χ2n) is 7.37. The molecule has 4 rings (SSSR count). The molecule has 0 aromatic heterocycles. The minimum absolute atomic E-state index is 0.0865. The first-order valence-electron chi connectivity index (χ1n) is 10.2. The van der Waals surface area contributed by atoms with Gasteiger partial charge in [-0.1, -0.05) is 46.9 Å². The quantitative estimate of drug-likeness (QED) is 0.227. The van der Waals surface area contributed by atoms with Crippen LogP contribution in [0.25, 0.3) is 6.08 Å². The molecule has 36 heavy (non-hydrogen) atoms. The molecule has 1 fully saturated rings. The Labute approximate surface area is 226 Å². The molecule has 0 bridgehead atoms. The minimum Gasteiger partial charge on any atom is -0.493 e. The van der Waals surface area contributed by atoms with Crippen LogP contribution in [-0.4, -0.2) is 31.6 Å². The van der Waals surface area contributed by atoms with Crippen molar-refractivity contribution in [2.24, 2.45) is 0 Å². The number of halogens is 3. The zero-order valence-electron chi connectivity index (χ0n) is 18.4. The second kappa shape index (κ2) is 10.7. The van der Waals surface area contributed by atoms with Gasteiger partial charge in [-0.05, 0) is 71.9 Å². The van der Waals surface area contributed by atoms with Gasteiger partial charge in [-0.25, -0.2) is 0 Å². The summed E-state index contributed by atoms with van der Waals surface area (Å²) in [6.45, 7) is -0.0865. The van der Waals surface area contributed by atoms with E-state index in [0.717, 1.165) is 16.7 Å². The maximum Gasteiger partial charge on any atom is 0.339 e. The summed E-state index contributed by atoms with van der Waals surface area (Å²) in [7, 11) is -2.83. The topological polar surface area (TPSA) is 90.0 Å². The lowest BCUT2D eigenvalue weighted by Crippen LogP contribution is -2.27. The first-order valence-corrected chi connectivity index (χ1v) is 13.5. The maximum atomic E-state index is 13.0. The number of hydrogen-bond donors (Lipinski definition) is 0. The highest BCUT2D eigenvalue weighted by Crippen LogP contribution is 2.37. The number of methoxy groups -OCH3 is 1. The fraction of sp³-hybridized carbons (Fsp3) is 0.0833. The van der Waals surface area contributed by atoms with Crippen LogP contribution in [0.5, 0.6) is 11.5 Å². The molecule has 7 nitrogen and oxygen atoms in total. The molecule has 0 spiro atoms. The number of nitrogens with zero attached hydrogens (tertiary/aromatic N) is 1. The lowest BCUT2D eigenvalue weighted by Gasteiger charge is -2.14. The van der Waals surface area contributed by atoms with Crippen molar-refractivity contribution in [1.82, 2.24) is 4.90 Å². The standard InChI is InChI=1S/C24H16Cl3NO6S2/c1-33-20-10-5-14(11-21(20)34-36(31,32)16-8-6-15(25)7-9-16)12-22-23(29)28(24(30)35-22)13-17-18(26)3-2-4-19(17)27/h2-12H,13H2,1H3/b22-12-. The number of rotatable bonds is 7. The van der Waals surface area contributed by atoms with Gasteiger partial charge in [0, 0.05) is 20.6 Å². The summed E-state index contributed by atoms with van der Waals surface area (Å²) in [5.74, 6) is -0.470. The lowest BCUT2D eigenvalue weighted by atomic mass is 10.1. The van der Waals surface area contributed by atoms with Crippen molar-refractivity contribution >= 4 is 73.9 Å². The SMILES string of the molecule is COc1ccc(/C=C2\SC(=O)N(Cc3c(Cl)cccc3Cl)C2=O)cc1OS(=O)(=O)c1ccc(Cl)cc1. The first-order chi connectivity index (χ1) is 17.1. The van der Waals surface area contributed by atoms with Crippen LogP contribution in [0.3, 0.4) is 0 Å². The third kappa shape index (κ3) is 5.66. The molecule has 0 unspecified atom stereocenters. The Hall–Kier alpha value is -2.69. The van der Waals surface area contributed by atoms with Gasteiger partial charge in [0.05, 0.1) is 18.6 Å². The van der Waals surface area contributed by atoms with E-state index in [9.17, 15) is 18.0 Å². The van der Waals surface area contributed by atoms with Crippen molar-refractivity contribution in [3.8, 4) is 11.5 Å². The summed E-state index contributed by atoms with van der Waals surface area (Å²) in [5.41, 5.74) is 0.871. The Balaban J connectivity index is 1.61. The lowest BCUT2D eigenvalue weighted by molar-refractivity contribution is -0.123. The van der Waals surface area contributed by atoms with E-state index >= 15 is 0 Å². The van der Waals surface area contributed by atoms with Crippen molar-refractivity contribution in [2.75, 3.05) is 7.11 Å². The van der Waals surface area contributed by atoms with Gasteiger partial charge in [0.1, 0.15) is 4.90 Å². The number of imide groups is 1. The highest BCUT2D eigenvalue weighted by atomic mass is 35.5. The minimum atomic E-state index is -4.20. The van der Waals surface area contributed by atoms with Crippen molar-refractivity contribution in [2.45, 2.75) is 11.4 Å². The Morgan fingerprint density at radius 2 is 1.61 bits per heavy atom. The molecule has 3 aromatic rings. The van der Waals surface area contributed by atoms with Gasteiger partial charge < -0.3 is 8.92 Å². The molecule has 2 amide bonds. The third-order valence-electron chi connectivity index (χ3n) is 5.04. The van der Waals surface area contributed by atoms with E-state index in [2.05, 4.69) is 0 Å². The normalized spacial score (nSPS) is 15.0. The summed E-state index contributed by atoms with van der Waals surface area (Å²) in [6, 6.07) is 14.9. The average Bonchev–Trinajstić information content (AvgIpc) is 3.08. The number of carbonyl (C=O) groups is 2. The molecule has 1 aliphatic rings. The molecule has 0 aliphatic carbocycles. The molecule has 12 heteroatoms. The molecule has 1 heterocycles. The van der Waals surface area contributed by atoms with E-state index in [4.69, 9.17) is 43.7 Å². The molecular formula is C24H16Cl3NO6S2. The molecule has 0 saturated carbocycles. The van der Waals surface area contributed by atoms with Crippen molar-refractivity contribution in [3.63, 3.8) is 0 Å². The predicted molar refractivity (Wildman–Crippen MR) is 140 cm³/mol. The van der Waals surface area contributed by atoms with E-state index in [1.165, 1.54) is 49.6 Å². The number of hydrogen-bond acceptors (Lipinski definition) is 7. The van der Waals surface area contributed by atoms with Crippen LogP contribution in [0.1, 0.15) is 11.1 Å². The van der Waals surface area contributed by atoms with Gasteiger partial charge >= 0.3 is 10.1 Å². The zero-order chi connectivity index (χ0) is 26.0. The monoisotopic (exact) mass is 583 g/mol. The van der Waals surface area contributed by atoms with Crippen LogP contribution >= 0.6 is 46.6 Å². The van der Waals surface area contributed by atoms with Gasteiger partial charge in [-0.3, -0.25) is 14.5 Å². The van der Waals surface area contributed by atoms with E-state index < -0.39 is 21.3 Å². The summed E-state index contributed by atoms with van der Waals surface area (Å²) < 4.78 is 36.0. The molecule has 1 saturated heterocycles. The van der Waals surface area contributed by atoms with Crippen LogP contribution < -0.4 is 8.92 Å². The molecule has 0 atom stereocenters. The van der Waals surface area contributed by atoms with E-state index in [1.807, 2.05) is 0 Å². The molecule has 186 valence electrons. The Morgan fingerprint density at radius 1 is 0.944 bits per heavy atom. The highest BCUT2D eigenvalue weighted by molar-refractivity contribution is 8.18. The van der Waals surface area contributed by atoms with Crippen LogP contribution in [0.2, 0.25) is 15.1 Å². The summed E-state index contributed by atoms with van der Waals surface area (Å²) in [5, 5.41) is 0.561. The van der Waals surface area contributed by atoms with Gasteiger partial charge in [-0.15, -0.1) is 0 Å². The predicted octanol–water partition coefficient (Wildman–Crippen LogP) is 6.66. The Bertz CT molecular complexity index is 1470. The molecule has 0 N–H and O–H groups in total. The van der Waals surface area contributed by atoms with E-state index in [1.54, 1.807) is 24.3 Å². The van der Waals surface area contributed by atoms with E-state index in [0.29, 0.717) is 26.2 Å². The summed E-state index contributed by atoms with van der Waals surface area (Å²) in [6.07, 6.45) is 1.46. The van der Waals surface area contributed by atoms with Gasteiger partial charge in [0.2, 0.25) is 0 Å². The van der Waals surface area contributed by atoms with Crippen molar-refractivity contribution < 1.29 is 26.9 Å². The number of thioether (sulfide) groups is 1. The third-order valence-corrected chi connectivity index (χ3v) is 8.15. The largest absolute Gasteiger partial charge is 0.493 e. The van der Waals surface area contributed by atoms with Gasteiger partial charge in [0.25, 0.3) is 11.1 Å². The molecule has 3 aromatic carbocycles.